The van der Waals surface area contributed by atoms with E-state index in [0.717, 1.165) is 33.6 Å². The van der Waals surface area contributed by atoms with E-state index < -0.39 is 0 Å². The molecule has 0 unspecified atom stereocenters. The normalized spacial score (nSPS) is 15.5. The smallest absolute Gasteiger partial charge is 0.132 e. The van der Waals surface area contributed by atoms with Crippen LogP contribution in [0.4, 0.5) is 4.39 Å². The van der Waals surface area contributed by atoms with Crippen LogP contribution in [0.3, 0.4) is 0 Å². The average molecular weight is 306 g/mol. The minimum absolute atomic E-state index is 0.112. The largest absolute Gasteiger partial charge is 0.326 e. The zero-order valence-electron chi connectivity index (χ0n) is 12.7. The lowest BCUT2D eigenvalue weighted by molar-refractivity contribution is 0.226. The molecule has 2 N–H and O–H groups in total. The molecule has 2 nitrogen and oxygen atoms in total. The standard InChI is InChI=1S/C17H23FN2S/c1-11(2)9-20(12-6-7-12)10-13-16(8-19)21-15-5-3-4-14(18)17(13)15/h3-5,11-12H,6-10,19H2,1-2H3. The first kappa shape index (κ1) is 14.9. The van der Waals surface area contributed by atoms with E-state index >= 15 is 0 Å². The van der Waals surface area contributed by atoms with Gasteiger partial charge >= 0.3 is 0 Å². The highest BCUT2D eigenvalue weighted by Crippen LogP contribution is 2.36. The van der Waals surface area contributed by atoms with Gasteiger partial charge in [-0.1, -0.05) is 19.9 Å². The first-order valence-corrected chi connectivity index (χ1v) is 8.54. The van der Waals surface area contributed by atoms with Crippen LogP contribution < -0.4 is 5.73 Å². The van der Waals surface area contributed by atoms with Crippen molar-refractivity contribution < 1.29 is 4.39 Å². The van der Waals surface area contributed by atoms with Crippen LogP contribution in [0.15, 0.2) is 18.2 Å². The van der Waals surface area contributed by atoms with Crippen molar-refractivity contribution in [3.8, 4) is 0 Å². The molecule has 21 heavy (non-hydrogen) atoms. The van der Waals surface area contributed by atoms with Gasteiger partial charge in [-0.2, -0.15) is 0 Å². The topological polar surface area (TPSA) is 29.3 Å². The summed E-state index contributed by atoms with van der Waals surface area (Å²) in [4.78, 5) is 3.64. The lowest BCUT2D eigenvalue weighted by Gasteiger charge is -2.24. The molecule has 2 aromatic rings. The van der Waals surface area contributed by atoms with E-state index in [2.05, 4.69) is 18.7 Å². The van der Waals surface area contributed by atoms with Crippen molar-refractivity contribution in [3.63, 3.8) is 0 Å². The van der Waals surface area contributed by atoms with Gasteiger partial charge < -0.3 is 5.73 Å². The second-order valence-electron chi connectivity index (χ2n) is 6.38. The molecular weight excluding hydrogens is 283 g/mol. The van der Waals surface area contributed by atoms with E-state index in [1.165, 1.54) is 12.8 Å². The van der Waals surface area contributed by atoms with Crippen molar-refractivity contribution in [3.05, 3.63) is 34.5 Å². The Morgan fingerprint density at radius 1 is 1.38 bits per heavy atom. The highest BCUT2D eigenvalue weighted by Gasteiger charge is 2.30. The molecule has 4 heteroatoms. The SMILES string of the molecule is CC(C)CN(Cc1c(CN)sc2cccc(F)c12)C1CC1. The molecule has 0 spiro atoms. The molecule has 1 fully saturated rings. The first-order valence-electron chi connectivity index (χ1n) is 7.73. The quantitative estimate of drug-likeness (QED) is 0.870. The second-order valence-corrected chi connectivity index (χ2v) is 7.51. The Kier molecular flexibility index (Phi) is 4.29. The van der Waals surface area contributed by atoms with E-state index in [4.69, 9.17) is 5.73 Å². The summed E-state index contributed by atoms with van der Waals surface area (Å²) in [5.74, 6) is 0.514. The maximum Gasteiger partial charge on any atom is 0.132 e. The molecule has 1 aliphatic rings. The van der Waals surface area contributed by atoms with Crippen LogP contribution in [0.5, 0.6) is 0 Å². The number of hydrogen-bond acceptors (Lipinski definition) is 3. The molecule has 0 bridgehead atoms. The lowest BCUT2D eigenvalue weighted by atomic mass is 10.1. The number of hydrogen-bond donors (Lipinski definition) is 1. The molecular formula is C17H23FN2S. The average Bonchev–Trinajstić information content (AvgIpc) is 3.21. The molecule has 0 radical (unpaired) electrons. The van der Waals surface area contributed by atoms with Crippen molar-refractivity contribution in [1.82, 2.24) is 4.90 Å². The molecule has 0 atom stereocenters. The zero-order valence-corrected chi connectivity index (χ0v) is 13.5. The van der Waals surface area contributed by atoms with E-state index in [0.29, 0.717) is 18.5 Å². The highest BCUT2D eigenvalue weighted by molar-refractivity contribution is 7.19. The number of nitrogens with two attached hydrogens (primary N) is 1. The number of fused-ring (bicyclic) bond motifs is 1. The molecule has 1 aromatic heterocycles. The fraction of sp³-hybridized carbons (Fsp3) is 0.529. The first-order chi connectivity index (χ1) is 10.1. The maximum absolute atomic E-state index is 14.3. The summed E-state index contributed by atoms with van der Waals surface area (Å²) in [7, 11) is 0. The molecule has 0 saturated heterocycles. The van der Waals surface area contributed by atoms with Crippen molar-refractivity contribution >= 4 is 21.4 Å². The summed E-state index contributed by atoms with van der Waals surface area (Å²) in [5.41, 5.74) is 7.02. The number of thiophene rings is 1. The molecule has 1 aliphatic carbocycles. The number of benzene rings is 1. The summed E-state index contributed by atoms with van der Waals surface area (Å²) in [5, 5.41) is 0.789. The van der Waals surface area contributed by atoms with Gasteiger partial charge in [-0.25, -0.2) is 4.39 Å². The van der Waals surface area contributed by atoms with E-state index in [-0.39, 0.29) is 5.82 Å². The van der Waals surface area contributed by atoms with Crippen molar-refractivity contribution in [1.29, 1.82) is 0 Å². The maximum atomic E-state index is 14.3. The Hall–Kier alpha value is -0.970. The van der Waals surface area contributed by atoms with Gasteiger partial charge in [-0.3, -0.25) is 4.90 Å². The van der Waals surface area contributed by atoms with Crippen LogP contribution in [-0.2, 0) is 13.1 Å². The van der Waals surface area contributed by atoms with Crippen LogP contribution >= 0.6 is 11.3 Å². The molecule has 1 saturated carbocycles. The van der Waals surface area contributed by atoms with Crippen molar-refractivity contribution in [2.75, 3.05) is 6.54 Å². The summed E-state index contributed by atoms with van der Waals surface area (Å²) >= 11 is 1.64. The van der Waals surface area contributed by atoms with E-state index in [9.17, 15) is 4.39 Å². The third kappa shape index (κ3) is 3.12. The zero-order chi connectivity index (χ0) is 15.0. The molecule has 0 amide bonds. The summed E-state index contributed by atoms with van der Waals surface area (Å²) in [6.07, 6.45) is 2.55. The predicted octanol–water partition coefficient (Wildman–Crippen LogP) is 4.12. The third-order valence-electron chi connectivity index (χ3n) is 4.06. The molecule has 114 valence electrons. The molecule has 3 rings (SSSR count). The monoisotopic (exact) mass is 306 g/mol. The van der Waals surface area contributed by atoms with Gasteiger partial charge in [0.15, 0.2) is 0 Å². The van der Waals surface area contributed by atoms with Crippen molar-refractivity contribution in [2.24, 2.45) is 11.7 Å². The van der Waals surface area contributed by atoms with Gasteiger partial charge in [-0.15, -0.1) is 11.3 Å². The van der Waals surface area contributed by atoms with E-state index in [1.807, 2.05) is 6.07 Å². The van der Waals surface area contributed by atoms with Crippen LogP contribution in [0.25, 0.3) is 10.1 Å². The van der Waals surface area contributed by atoms with Gasteiger partial charge in [-0.05, 0) is 36.5 Å². The summed E-state index contributed by atoms with van der Waals surface area (Å²) < 4.78 is 15.3. The van der Waals surface area contributed by atoms with Crippen LogP contribution in [0.2, 0.25) is 0 Å². The van der Waals surface area contributed by atoms with Gasteiger partial charge in [0.05, 0.1) is 0 Å². The fourth-order valence-corrected chi connectivity index (χ4v) is 4.11. The van der Waals surface area contributed by atoms with Gasteiger partial charge in [0.25, 0.3) is 0 Å². The predicted molar refractivity (Wildman–Crippen MR) is 87.9 cm³/mol. The number of nitrogens with zero attached hydrogens (tertiary/aromatic N) is 1. The third-order valence-corrected chi connectivity index (χ3v) is 5.28. The Labute approximate surface area is 129 Å². The number of halogens is 1. The van der Waals surface area contributed by atoms with Gasteiger partial charge in [0.2, 0.25) is 0 Å². The van der Waals surface area contributed by atoms with Crippen LogP contribution in [0, 0.1) is 11.7 Å². The second kappa shape index (κ2) is 6.03. The Bertz CT molecular complexity index is 631. The van der Waals surface area contributed by atoms with Gasteiger partial charge in [0, 0.05) is 40.6 Å². The highest BCUT2D eigenvalue weighted by atomic mass is 32.1. The van der Waals surface area contributed by atoms with E-state index in [1.54, 1.807) is 23.5 Å². The summed E-state index contributed by atoms with van der Waals surface area (Å²) in [6, 6.07) is 6.02. The lowest BCUT2D eigenvalue weighted by Crippen LogP contribution is -2.29. The molecule has 1 heterocycles. The minimum atomic E-state index is -0.112. The Morgan fingerprint density at radius 2 is 2.14 bits per heavy atom. The Balaban J connectivity index is 1.97. The molecule has 1 aromatic carbocycles. The van der Waals surface area contributed by atoms with Crippen molar-refractivity contribution in [2.45, 2.75) is 45.8 Å². The Morgan fingerprint density at radius 3 is 2.76 bits per heavy atom. The summed E-state index contributed by atoms with van der Waals surface area (Å²) in [6.45, 7) is 6.88. The number of rotatable bonds is 6. The fourth-order valence-electron chi connectivity index (χ4n) is 3.00. The van der Waals surface area contributed by atoms with Gasteiger partial charge in [0.1, 0.15) is 5.82 Å². The van der Waals surface area contributed by atoms with Crippen LogP contribution in [0.1, 0.15) is 37.1 Å². The van der Waals surface area contributed by atoms with Crippen LogP contribution in [-0.4, -0.2) is 17.5 Å². The minimum Gasteiger partial charge on any atom is -0.326 e. The molecule has 0 aliphatic heterocycles.